The van der Waals surface area contributed by atoms with E-state index in [1.165, 1.54) is 0 Å². The Labute approximate surface area is 142 Å². The molecule has 2 atom stereocenters. The molecule has 4 rings (SSSR count). The van der Waals surface area contributed by atoms with Crippen molar-refractivity contribution in [3.05, 3.63) is 29.3 Å². The Hall–Kier alpha value is -2.01. The highest BCUT2D eigenvalue weighted by atomic mass is 16.5. The second kappa shape index (κ2) is 6.48. The highest BCUT2D eigenvalue weighted by Gasteiger charge is 2.32. The third-order valence-electron chi connectivity index (χ3n) is 5.51. The molecule has 0 radical (unpaired) electrons. The number of benzene rings is 1. The van der Waals surface area contributed by atoms with E-state index in [-0.39, 0.29) is 5.91 Å². The molecule has 3 heterocycles. The number of rotatable bonds is 2. The van der Waals surface area contributed by atoms with Crippen molar-refractivity contribution < 1.29 is 14.3 Å². The summed E-state index contributed by atoms with van der Waals surface area (Å²) in [7, 11) is 1.64. The van der Waals surface area contributed by atoms with Crippen LogP contribution in [0.25, 0.3) is 6.08 Å². The van der Waals surface area contributed by atoms with E-state index in [0.29, 0.717) is 6.61 Å². The maximum absolute atomic E-state index is 12.9. The van der Waals surface area contributed by atoms with Crippen LogP contribution < -0.4 is 14.8 Å². The molecule has 5 heteroatoms. The summed E-state index contributed by atoms with van der Waals surface area (Å²) in [5.74, 6) is 3.16. The first-order valence-electron chi connectivity index (χ1n) is 8.76. The topological polar surface area (TPSA) is 50.8 Å². The number of methoxy groups -OCH3 is 1. The number of fused-ring (bicyclic) bond motifs is 2. The summed E-state index contributed by atoms with van der Waals surface area (Å²) in [4.78, 5) is 14.9. The van der Waals surface area contributed by atoms with Crippen LogP contribution in [-0.4, -0.2) is 50.7 Å². The minimum atomic E-state index is 0.122. The lowest BCUT2D eigenvalue weighted by atomic mass is 9.92. The molecule has 1 N–H and O–H groups in total. The van der Waals surface area contributed by atoms with Crippen LogP contribution in [0.3, 0.4) is 0 Å². The molecule has 0 bridgehead atoms. The summed E-state index contributed by atoms with van der Waals surface area (Å²) in [6, 6.07) is 5.69. The number of likely N-dealkylation sites (tertiary alicyclic amines) is 1. The Morgan fingerprint density at radius 2 is 2.00 bits per heavy atom. The van der Waals surface area contributed by atoms with Crippen LogP contribution in [0.15, 0.2) is 23.8 Å². The minimum absolute atomic E-state index is 0.122. The Morgan fingerprint density at radius 3 is 2.71 bits per heavy atom. The lowest BCUT2D eigenvalue weighted by Gasteiger charge is -2.25. The first kappa shape index (κ1) is 15.5. The van der Waals surface area contributed by atoms with Crippen LogP contribution in [-0.2, 0) is 4.79 Å². The van der Waals surface area contributed by atoms with Crippen molar-refractivity contribution in [3.63, 3.8) is 0 Å². The van der Waals surface area contributed by atoms with E-state index in [2.05, 4.69) is 5.32 Å². The van der Waals surface area contributed by atoms with Gasteiger partial charge in [-0.1, -0.05) is 0 Å². The summed E-state index contributed by atoms with van der Waals surface area (Å²) < 4.78 is 11.0. The highest BCUT2D eigenvalue weighted by Crippen LogP contribution is 2.32. The van der Waals surface area contributed by atoms with Gasteiger partial charge in [0, 0.05) is 18.7 Å². The fourth-order valence-corrected chi connectivity index (χ4v) is 4.03. The van der Waals surface area contributed by atoms with Gasteiger partial charge >= 0.3 is 0 Å². The molecule has 0 aliphatic carbocycles. The smallest absolute Gasteiger partial charge is 0.253 e. The van der Waals surface area contributed by atoms with Crippen molar-refractivity contribution in [2.75, 3.05) is 39.9 Å². The lowest BCUT2D eigenvalue weighted by Crippen LogP contribution is -2.35. The predicted molar refractivity (Wildman–Crippen MR) is 92.1 cm³/mol. The van der Waals surface area contributed by atoms with Crippen LogP contribution in [0.2, 0.25) is 0 Å². The molecule has 2 saturated heterocycles. The molecule has 0 spiro atoms. The van der Waals surface area contributed by atoms with E-state index < -0.39 is 0 Å². The number of nitrogens with zero attached hydrogens (tertiary/aromatic N) is 1. The first-order valence-corrected chi connectivity index (χ1v) is 8.76. The fraction of sp³-hybridized carbons (Fsp3) is 0.526. The quantitative estimate of drug-likeness (QED) is 0.901. The summed E-state index contributed by atoms with van der Waals surface area (Å²) in [5, 5.41) is 3.47. The maximum atomic E-state index is 12.9. The van der Waals surface area contributed by atoms with Crippen LogP contribution >= 0.6 is 0 Å². The number of ether oxygens (including phenoxy) is 2. The van der Waals surface area contributed by atoms with E-state index in [0.717, 1.165) is 73.5 Å². The predicted octanol–water partition coefficient (Wildman–Crippen LogP) is 1.93. The third kappa shape index (κ3) is 2.88. The van der Waals surface area contributed by atoms with E-state index in [1.54, 1.807) is 7.11 Å². The first-order chi connectivity index (χ1) is 11.7. The molecule has 1 aromatic rings. The molecule has 1 amide bonds. The van der Waals surface area contributed by atoms with Crippen molar-refractivity contribution in [1.29, 1.82) is 0 Å². The van der Waals surface area contributed by atoms with Crippen molar-refractivity contribution in [1.82, 2.24) is 10.2 Å². The van der Waals surface area contributed by atoms with Crippen molar-refractivity contribution in [3.8, 4) is 11.5 Å². The second-order valence-corrected chi connectivity index (χ2v) is 6.91. The van der Waals surface area contributed by atoms with Gasteiger partial charge < -0.3 is 19.7 Å². The zero-order chi connectivity index (χ0) is 16.5. The molecule has 1 aromatic carbocycles. The van der Waals surface area contributed by atoms with Gasteiger partial charge in [-0.25, -0.2) is 0 Å². The van der Waals surface area contributed by atoms with E-state index >= 15 is 0 Å². The Kier molecular flexibility index (Phi) is 4.19. The van der Waals surface area contributed by atoms with E-state index in [9.17, 15) is 4.79 Å². The Bertz CT molecular complexity index is 657. The number of hydrogen-bond donors (Lipinski definition) is 1. The lowest BCUT2D eigenvalue weighted by molar-refractivity contribution is -0.127. The van der Waals surface area contributed by atoms with E-state index in [4.69, 9.17) is 9.47 Å². The molecule has 3 aliphatic heterocycles. The molecule has 5 nitrogen and oxygen atoms in total. The molecule has 0 aromatic heterocycles. The average Bonchev–Trinajstić information content (AvgIpc) is 2.98. The van der Waals surface area contributed by atoms with Gasteiger partial charge in [-0.05, 0) is 62.0 Å². The highest BCUT2D eigenvalue weighted by molar-refractivity contribution is 5.99. The van der Waals surface area contributed by atoms with Gasteiger partial charge in [0.05, 0.1) is 12.7 Å². The molecule has 24 heavy (non-hydrogen) atoms. The third-order valence-corrected chi connectivity index (χ3v) is 5.51. The Balaban J connectivity index is 1.50. The summed E-state index contributed by atoms with van der Waals surface area (Å²) in [6.45, 7) is 4.26. The van der Waals surface area contributed by atoms with Crippen molar-refractivity contribution in [2.45, 2.75) is 12.8 Å². The second-order valence-electron chi connectivity index (χ2n) is 6.91. The fourth-order valence-electron chi connectivity index (χ4n) is 4.03. The number of nitrogens with one attached hydrogen (secondary N) is 1. The van der Waals surface area contributed by atoms with Gasteiger partial charge in [-0.3, -0.25) is 4.79 Å². The number of carbonyl (C=O) groups excluding carboxylic acids is 1. The molecular weight excluding hydrogens is 304 g/mol. The summed E-state index contributed by atoms with van der Waals surface area (Å²) in [6.07, 6.45) is 4.15. The summed E-state index contributed by atoms with van der Waals surface area (Å²) in [5.41, 5.74) is 1.65. The van der Waals surface area contributed by atoms with Gasteiger partial charge in [0.1, 0.15) is 18.1 Å². The van der Waals surface area contributed by atoms with Gasteiger partial charge in [0.2, 0.25) is 0 Å². The largest absolute Gasteiger partial charge is 0.497 e. The number of amides is 1. The average molecular weight is 328 g/mol. The maximum Gasteiger partial charge on any atom is 0.253 e. The molecule has 0 unspecified atom stereocenters. The zero-order valence-electron chi connectivity index (χ0n) is 14.1. The van der Waals surface area contributed by atoms with Crippen LogP contribution in [0.4, 0.5) is 0 Å². The molecule has 0 saturated carbocycles. The molecule has 128 valence electrons. The minimum Gasteiger partial charge on any atom is -0.497 e. The van der Waals surface area contributed by atoms with Crippen LogP contribution in [0, 0.1) is 11.8 Å². The number of carbonyl (C=O) groups is 1. The van der Waals surface area contributed by atoms with Crippen molar-refractivity contribution >= 4 is 12.0 Å². The zero-order valence-corrected chi connectivity index (χ0v) is 14.1. The van der Waals surface area contributed by atoms with Gasteiger partial charge in [0.25, 0.3) is 5.91 Å². The van der Waals surface area contributed by atoms with Crippen LogP contribution in [0.1, 0.15) is 18.4 Å². The van der Waals surface area contributed by atoms with E-state index in [1.807, 2.05) is 29.2 Å². The van der Waals surface area contributed by atoms with Gasteiger partial charge in [0.15, 0.2) is 0 Å². The standard InChI is InChI=1S/C19H24N2O3/c1-23-17-2-3-18-15(9-17)8-16(12-24-18)19(22)21-6-4-13-10-20-11-14(13)5-7-21/h2-3,8-9,13-14,20H,4-7,10-12H2,1H3/t13-,14+. The van der Waals surface area contributed by atoms with Crippen molar-refractivity contribution in [2.24, 2.45) is 11.8 Å². The number of hydrogen-bond acceptors (Lipinski definition) is 4. The normalized spacial score (nSPS) is 25.9. The monoisotopic (exact) mass is 328 g/mol. The van der Waals surface area contributed by atoms with Crippen LogP contribution in [0.5, 0.6) is 11.5 Å². The SMILES string of the molecule is COc1ccc2c(c1)C=C(C(=O)N1CC[C@@H]3CNC[C@@H]3CC1)CO2. The Morgan fingerprint density at radius 1 is 1.25 bits per heavy atom. The summed E-state index contributed by atoms with van der Waals surface area (Å²) >= 11 is 0. The van der Waals surface area contributed by atoms with Gasteiger partial charge in [-0.2, -0.15) is 0 Å². The molecular formula is C19H24N2O3. The molecule has 2 fully saturated rings. The molecule has 3 aliphatic rings. The van der Waals surface area contributed by atoms with Gasteiger partial charge in [-0.15, -0.1) is 0 Å².